The average Bonchev–Trinajstić information content (AvgIpc) is 2.34. The van der Waals surface area contributed by atoms with Gasteiger partial charge in [0.05, 0.1) is 5.41 Å². The second-order valence-electron chi connectivity index (χ2n) is 5.67. The summed E-state index contributed by atoms with van der Waals surface area (Å²) in [5.74, 6) is -0.541. The number of carbonyl (C=O) groups excluding carboxylic acids is 3. The van der Waals surface area contributed by atoms with Crippen LogP contribution < -0.4 is 5.32 Å². The molecule has 0 aromatic carbocycles. The molecule has 1 spiro atoms. The molecule has 0 saturated carbocycles. The van der Waals surface area contributed by atoms with Crippen LogP contribution in [-0.2, 0) is 14.3 Å². The minimum Gasteiger partial charge on any atom is -0.444 e. The van der Waals surface area contributed by atoms with Gasteiger partial charge in [-0.15, -0.1) is 0 Å². The van der Waals surface area contributed by atoms with Crippen molar-refractivity contribution in [3.63, 3.8) is 0 Å². The maximum Gasteiger partial charge on any atom is 0.410 e. The second kappa shape index (κ2) is 3.45. The van der Waals surface area contributed by atoms with Crippen molar-refractivity contribution >= 4 is 17.9 Å². The molecule has 17 heavy (non-hydrogen) atoms. The molecule has 0 atom stereocenters. The van der Waals surface area contributed by atoms with E-state index in [1.807, 2.05) is 0 Å². The number of hydrogen-bond acceptors (Lipinski definition) is 4. The Morgan fingerprint density at radius 1 is 1.35 bits per heavy atom. The molecule has 3 amide bonds. The maximum absolute atomic E-state index is 11.7. The van der Waals surface area contributed by atoms with Gasteiger partial charge in [-0.25, -0.2) is 4.79 Å². The zero-order valence-corrected chi connectivity index (χ0v) is 10.2. The first kappa shape index (κ1) is 11.9. The van der Waals surface area contributed by atoms with Crippen molar-refractivity contribution in [1.29, 1.82) is 0 Å². The molecule has 2 aliphatic heterocycles. The normalized spacial score (nSPS) is 22.4. The topological polar surface area (TPSA) is 75.7 Å². The fourth-order valence-corrected chi connectivity index (χ4v) is 2.09. The molecule has 0 unspecified atom stereocenters. The number of carbonyl (C=O) groups is 3. The van der Waals surface area contributed by atoms with Gasteiger partial charge in [0.1, 0.15) is 5.60 Å². The molecule has 2 saturated heterocycles. The predicted molar refractivity (Wildman–Crippen MR) is 58.0 cm³/mol. The molecule has 6 heteroatoms. The Balaban J connectivity index is 1.93. The van der Waals surface area contributed by atoms with E-state index in [0.717, 1.165) is 0 Å². The van der Waals surface area contributed by atoms with Crippen LogP contribution in [0.15, 0.2) is 0 Å². The van der Waals surface area contributed by atoms with E-state index in [4.69, 9.17) is 4.74 Å². The number of nitrogens with one attached hydrogen (secondary N) is 1. The van der Waals surface area contributed by atoms with E-state index in [1.54, 1.807) is 20.8 Å². The fourth-order valence-electron chi connectivity index (χ4n) is 2.09. The van der Waals surface area contributed by atoms with Gasteiger partial charge in [0, 0.05) is 19.5 Å². The van der Waals surface area contributed by atoms with Crippen molar-refractivity contribution in [1.82, 2.24) is 10.2 Å². The predicted octanol–water partition coefficient (Wildman–Crippen LogP) is 0.270. The average molecular weight is 240 g/mol. The summed E-state index contributed by atoms with van der Waals surface area (Å²) in [6.07, 6.45) is -0.263. The van der Waals surface area contributed by atoms with Crippen LogP contribution in [0, 0.1) is 5.41 Å². The number of hydrogen-bond donors (Lipinski definition) is 1. The summed E-state index contributed by atoms with van der Waals surface area (Å²) in [6.45, 7) is 5.88. The van der Waals surface area contributed by atoms with Crippen molar-refractivity contribution in [2.75, 3.05) is 13.1 Å². The Bertz CT molecular complexity index is 391. The molecule has 2 heterocycles. The first-order valence-electron chi connectivity index (χ1n) is 5.54. The Morgan fingerprint density at radius 3 is 2.35 bits per heavy atom. The fraction of sp³-hybridized carbons (Fsp3) is 0.727. The lowest BCUT2D eigenvalue weighted by molar-refractivity contribution is -0.135. The first-order chi connectivity index (χ1) is 7.72. The lowest BCUT2D eigenvalue weighted by Gasteiger charge is -2.45. The molecule has 0 aromatic rings. The smallest absolute Gasteiger partial charge is 0.410 e. The summed E-state index contributed by atoms with van der Waals surface area (Å²) >= 11 is 0. The van der Waals surface area contributed by atoms with Crippen LogP contribution in [0.2, 0.25) is 0 Å². The summed E-state index contributed by atoms with van der Waals surface area (Å²) in [5, 5.41) is 2.26. The summed E-state index contributed by atoms with van der Waals surface area (Å²) in [7, 11) is 0. The van der Waals surface area contributed by atoms with E-state index >= 15 is 0 Å². The highest BCUT2D eigenvalue weighted by Crippen LogP contribution is 2.38. The summed E-state index contributed by atoms with van der Waals surface area (Å²) in [4.78, 5) is 35.7. The van der Waals surface area contributed by atoms with Crippen LogP contribution >= 0.6 is 0 Å². The molecule has 94 valence electrons. The SMILES string of the molecule is CC(C)(C)OC(=O)N1CC2(CC(=O)NC2=O)C1. The highest BCUT2D eigenvalue weighted by molar-refractivity contribution is 6.07. The molecule has 2 fully saturated rings. The number of imide groups is 1. The minimum atomic E-state index is -0.700. The molecule has 0 radical (unpaired) electrons. The Kier molecular flexibility index (Phi) is 2.41. The molecular weight excluding hydrogens is 224 g/mol. The third-order valence-electron chi connectivity index (χ3n) is 2.87. The molecule has 2 rings (SSSR count). The van der Waals surface area contributed by atoms with Crippen LogP contribution in [0.25, 0.3) is 0 Å². The quantitative estimate of drug-likeness (QED) is 0.617. The molecule has 6 nitrogen and oxygen atoms in total. The van der Waals surface area contributed by atoms with Gasteiger partial charge in [-0.3, -0.25) is 14.9 Å². The highest BCUT2D eigenvalue weighted by atomic mass is 16.6. The number of amides is 3. The van der Waals surface area contributed by atoms with Crippen molar-refractivity contribution in [2.45, 2.75) is 32.8 Å². The summed E-state index contributed by atoms with van der Waals surface area (Å²) < 4.78 is 5.18. The van der Waals surface area contributed by atoms with E-state index in [-0.39, 0.29) is 31.3 Å². The van der Waals surface area contributed by atoms with E-state index in [1.165, 1.54) is 4.90 Å². The second-order valence-corrected chi connectivity index (χ2v) is 5.67. The standard InChI is InChI=1S/C11H16N2O4/c1-10(2,3)17-9(16)13-5-11(6-13)4-7(14)12-8(11)15/h4-6H2,1-3H3,(H,12,14,15). The lowest BCUT2D eigenvalue weighted by Crippen LogP contribution is -2.62. The van der Waals surface area contributed by atoms with E-state index in [9.17, 15) is 14.4 Å². The van der Waals surface area contributed by atoms with Gasteiger partial charge >= 0.3 is 6.09 Å². The maximum atomic E-state index is 11.7. The van der Waals surface area contributed by atoms with Gasteiger partial charge in [-0.05, 0) is 20.8 Å². The van der Waals surface area contributed by atoms with Gasteiger partial charge in [0.2, 0.25) is 11.8 Å². The van der Waals surface area contributed by atoms with Gasteiger partial charge < -0.3 is 9.64 Å². The van der Waals surface area contributed by atoms with Crippen molar-refractivity contribution in [2.24, 2.45) is 5.41 Å². The van der Waals surface area contributed by atoms with Crippen LogP contribution in [0.1, 0.15) is 27.2 Å². The van der Waals surface area contributed by atoms with Gasteiger partial charge in [0.25, 0.3) is 0 Å². The summed E-state index contributed by atoms with van der Waals surface area (Å²) in [5.41, 5.74) is -1.25. The van der Waals surface area contributed by atoms with Crippen LogP contribution in [-0.4, -0.2) is 41.5 Å². The highest BCUT2D eigenvalue weighted by Gasteiger charge is 2.56. The minimum absolute atomic E-state index is 0.172. The first-order valence-corrected chi connectivity index (χ1v) is 5.54. The Hall–Kier alpha value is -1.59. The molecule has 1 N–H and O–H groups in total. The van der Waals surface area contributed by atoms with Crippen LogP contribution in [0.3, 0.4) is 0 Å². The third kappa shape index (κ3) is 2.11. The van der Waals surface area contributed by atoms with Gasteiger partial charge in [-0.2, -0.15) is 0 Å². The number of likely N-dealkylation sites (tertiary alicyclic amines) is 1. The number of rotatable bonds is 0. The Labute approximate surface area is 99.3 Å². The molecule has 0 aromatic heterocycles. The van der Waals surface area contributed by atoms with Crippen LogP contribution in [0.4, 0.5) is 4.79 Å². The molecular formula is C11H16N2O4. The third-order valence-corrected chi connectivity index (χ3v) is 2.87. The zero-order chi connectivity index (χ0) is 12.8. The monoisotopic (exact) mass is 240 g/mol. The Morgan fingerprint density at radius 2 is 1.94 bits per heavy atom. The molecule has 2 aliphatic rings. The van der Waals surface area contributed by atoms with Crippen molar-refractivity contribution in [3.8, 4) is 0 Å². The van der Waals surface area contributed by atoms with Crippen molar-refractivity contribution in [3.05, 3.63) is 0 Å². The van der Waals surface area contributed by atoms with Gasteiger partial charge in [-0.1, -0.05) is 0 Å². The van der Waals surface area contributed by atoms with Gasteiger partial charge in [0.15, 0.2) is 0 Å². The largest absolute Gasteiger partial charge is 0.444 e. The van der Waals surface area contributed by atoms with Crippen molar-refractivity contribution < 1.29 is 19.1 Å². The lowest BCUT2D eigenvalue weighted by atomic mass is 9.78. The van der Waals surface area contributed by atoms with E-state index in [2.05, 4.69) is 5.32 Å². The molecule has 0 aliphatic carbocycles. The van der Waals surface area contributed by atoms with E-state index in [0.29, 0.717) is 0 Å². The van der Waals surface area contributed by atoms with Crippen LogP contribution in [0.5, 0.6) is 0 Å². The number of nitrogens with zero attached hydrogens (tertiary/aromatic N) is 1. The number of ether oxygens (including phenoxy) is 1. The summed E-state index contributed by atoms with van der Waals surface area (Å²) in [6, 6.07) is 0. The zero-order valence-electron chi connectivity index (χ0n) is 10.2. The molecule has 0 bridgehead atoms. The van der Waals surface area contributed by atoms with E-state index < -0.39 is 17.1 Å².